The first-order valence-corrected chi connectivity index (χ1v) is 6.99. The van der Waals surface area contributed by atoms with Crippen molar-refractivity contribution in [3.63, 3.8) is 0 Å². The maximum Gasteiger partial charge on any atom is 0.138 e. The smallest absolute Gasteiger partial charge is 0.138 e. The van der Waals surface area contributed by atoms with Crippen molar-refractivity contribution in [3.05, 3.63) is 40.9 Å². The molecule has 1 unspecified atom stereocenters. The summed E-state index contributed by atoms with van der Waals surface area (Å²) in [7, 11) is 5.60. The molecule has 0 spiro atoms. The first-order chi connectivity index (χ1) is 9.52. The van der Waals surface area contributed by atoms with Gasteiger partial charge in [0.05, 0.1) is 18.2 Å². The van der Waals surface area contributed by atoms with Crippen molar-refractivity contribution in [2.75, 3.05) is 27.7 Å². The SMILES string of the molecule is COc1ccc2cc(C(O)CCN(C)C)ccc2c1Cl. The summed E-state index contributed by atoms with van der Waals surface area (Å²) >= 11 is 6.28. The van der Waals surface area contributed by atoms with Crippen LogP contribution in [0.1, 0.15) is 18.1 Å². The normalized spacial score (nSPS) is 12.9. The predicted molar refractivity (Wildman–Crippen MR) is 83.6 cm³/mol. The second kappa shape index (κ2) is 6.44. The summed E-state index contributed by atoms with van der Waals surface area (Å²) in [5.74, 6) is 0.667. The molecule has 3 nitrogen and oxygen atoms in total. The summed E-state index contributed by atoms with van der Waals surface area (Å²) in [5, 5.41) is 12.8. The molecule has 20 heavy (non-hydrogen) atoms. The fraction of sp³-hybridized carbons (Fsp3) is 0.375. The van der Waals surface area contributed by atoms with E-state index in [1.807, 2.05) is 44.4 Å². The van der Waals surface area contributed by atoms with Gasteiger partial charge in [-0.05, 0) is 43.6 Å². The van der Waals surface area contributed by atoms with Gasteiger partial charge in [-0.15, -0.1) is 0 Å². The van der Waals surface area contributed by atoms with E-state index in [1.54, 1.807) is 7.11 Å². The van der Waals surface area contributed by atoms with Gasteiger partial charge >= 0.3 is 0 Å². The van der Waals surface area contributed by atoms with Gasteiger partial charge in [0.1, 0.15) is 5.75 Å². The molecule has 2 aromatic carbocycles. The summed E-state index contributed by atoms with van der Waals surface area (Å²) in [4.78, 5) is 2.06. The molecule has 0 heterocycles. The number of benzene rings is 2. The van der Waals surface area contributed by atoms with Crippen molar-refractivity contribution in [2.24, 2.45) is 0 Å². The van der Waals surface area contributed by atoms with Crippen molar-refractivity contribution in [3.8, 4) is 5.75 Å². The van der Waals surface area contributed by atoms with Crippen LogP contribution in [0, 0.1) is 0 Å². The number of hydrogen-bond donors (Lipinski definition) is 1. The van der Waals surface area contributed by atoms with Crippen molar-refractivity contribution < 1.29 is 9.84 Å². The molecule has 0 saturated carbocycles. The van der Waals surface area contributed by atoms with Crippen LogP contribution in [0.4, 0.5) is 0 Å². The van der Waals surface area contributed by atoms with Crippen LogP contribution in [-0.2, 0) is 0 Å². The Morgan fingerprint density at radius 2 is 2.00 bits per heavy atom. The van der Waals surface area contributed by atoms with Crippen molar-refractivity contribution in [1.29, 1.82) is 0 Å². The lowest BCUT2D eigenvalue weighted by Gasteiger charge is -2.15. The van der Waals surface area contributed by atoms with E-state index in [2.05, 4.69) is 4.90 Å². The molecule has 0 aliphatic rings. The molecule has 4 heteroatoms. The number of methoxy groups -OCH3 is 1. The van der Waals surface area contributed by atoms with Gasteiger partial charge in [0.2, 0.25) is 0 Å². The first kappa shape index (κ1) is 15.1. The lowest BCUT2D eigenvalue weighted by Crippen LogP contribution is -2.15. The molecule has 2 aromatic rings. The van der Waals surface area contributed by atoms with Crippen LogP contribution in [0.3, 0.4) is 0 Å². The highest BCUT2D eigenvalue weighted by atomic mass is 35.5. The summed E-state index contributed by atoms with van der Waals surface area (Å²) in [6, 6.07) is 9.66. The van der Waals surface area contributed by atoms with E-state index in [0.29, 0.717) is 17.2 Å². The van der Waals surface area contributed by atoms with Gasteiger partial charge in [-0.3, -0.25) is 0 Å². The highest BCUT2D eigenvalue weighted by molar-refractivity contribution is 6.37. The minimum Gasteiger partial charge on any atom is -0.495 e. The Hall–Kier alpha value is -1.29. The summed E-state index contributed by atoms with van der Waals surface area (Å²) in [6.07, 6.45) is 0.255. The van der Waals surface area contributed by atoms with Gasteiger partial charge in [-0.1, -0.05) is 29.8 Å². The lowest BCUT2D eigenvalue weighted by atomic mass is 10.0. The topological polar surface area (TPSA) is 32.7 Å². The molecule has 0 aromatic heterocycles. The third kappa shape index (κ3) is 3.23. The van der Waals surface area contributed by atoms with Crippen molar-refractivity contribution >= 4 is 22.4 Å². The summed E-state index contributed by atoms with van der Waals surface area (Å²) in [5.41, 5.74) is 0.917. The molecule has 0 bridgehead atoms. The van der Waals surface area contributed by atoms with Crippen LogP contribution < -0.4 is 4.74 Å². The van der Waals surface area contributed by atoms with Gasteiger partial charge in [-0.25, -0.2) is 0 Å². The van der Waals surface area contributed by atoms with E-state index in [-0.39, 0.29) is 0 Å². The fourth-order valence-corrected chi connectivity index (χ4v) is 2.51. The Morgan fingerprint density at radius 3 is 2.65 bits per heavy atom. The Balaban J connectivity index is 2.30. The fourth-order valence-electron chi connectivity index (χ4n) is 2.20. The van der Waals surface area contributed by atoms with Crippen molar-refractivity contribution in [1.82, 2.24) is 4.90 Å². The van der Waals surface area contributed by atoms with E-state index in [9.17, 15) is 5.11 Å². The van der Waals surface area contributed by atoms with Crippen LogP contribution in [-0.4, -0.2) is 37.8 Å². The number of fused-ring (bicyclic) bond motifs is 1. The third-order valence-electron chi connectivity index (χ3n) is 3.40. The molecular formula is C16H20ClNO2. The van der Waals surface area contributed by atoms with Crippen LogP contribution >= 0.6 is 11.6 Å². The maximum absolute atomic E-state index is 10.2. The van der Waals surface area contributed by atoms with Gasteiger partial charge in [0, 0.05) is 11.9 Å². The Kier molecular flexibility index (Phi) is 4.86. The zero-order valence-electron chi connectivity index (χ0n) is 12.1. The van der Waals surface area contributed by atoms with Gasteiger partial charge in [0.15, 0.2) is 0 Å². The molecule has 0 aliphatic carbocycles. The minimum absolute atomic E-state index is 0.456. The zero-order valence-corrected chi connectivity index (χ0v) is 12.8. The van der Waals surface area contributed by atoms with E-state index in [4.69, 9.17) is 16.3 Å². The van der Waals surface area contributed by atoms with Gasteiger partial charge in [-0.2, -0.15) is 0 Å². The number of halogens is 1. The molecule has 0 saturated heterocycles. The molecule has 2 rings (SSSR count). The summed E-state index contributed by atoms with van der Waals surface area (Å²) < 4.78 is 5.21. The lowest BCUT2D eigenvalue weighted by molar-refractivity contribution is 0.154. The van der Waals surface area contributed by atoms with E-state index in [0.717, 1.165) is 22.9 Å². The van der Waals surface area contributed by atoms with Crippen LogP contribution in [0.25, 0.3) is 10.8 Å². The van der Waals surface area contributed by atoms with E-state index < -0.39 is 6.10 Å². The average Bonchev–Trinajstić information content (AvgIpc) is 2.44. The standard InChI is InChI=1S/C16H20ClNO2/c1-18(2)9-8-14(19)12-4-6-13-11(10-12)5-7-15(20-3)16(13)17/h4-7,10,14,19H,8-9H2,1-3H3. The molecule has 0 amide bonds. The number of rotatable bonds is 5. The number of nitrogens with zero attached hydrogens (tertiary/aromatic N) is 1. The Labute approximate surface area is 124 Å². The van der Waals surface area contributed by atoms with Crippen LogP contribution in [0.2, 0.25) is 5.02 Å². The highest BCUT2D eigenvalue weighted by Crippen LogP contribution is 2.34. The molecular weight excluding hydrogens is 274 g/mol. The van der Waals surface area contributed by atoms with Gasteiger partial charge in [0.25, 0.3) is 0 Å². The molecule has 0 aliphatic heterocycles. The Morgan fingerprint density at radius 1 is 1.25 bits per heavy atom. The predicted octanol–water partition coefficient (Wildman–Crippen LogP) is 3.49. The number of aliphatic hydroxyl groups is 1. The monoisotopic (exact) mass is 293 g/mol. The maximum atomic E-state index is 10.2. The quantitative estimate of drug-likeness (QED) is 0.916. The number of hydrogen-bond acceptors (Lipinski definition) is 3. The zero-order chi connectivity index (χ0) is 14.7. The molecule has 108 valence electrons. The minimum atomic E-state index is -0.456. The van der Waals surface area contributed by atoms with Gasteiger partial charge < -0.3 is 14.7 Å². The van der Waals surface area contributed by atoms with Crippen LogP contribution in [0.5, 0.6) is 5.75 Å². The second-order valence-electron chi connectivity index (χ2n) is 5.17. The number of aliphatic hydroxyl groups excluding tert-OH is 1. The molecule has 1 N–H and O–H groups in total. The first-order valence-electron chi connectivity index (χ1n) is 6.62. The van der Waals surface area contributed by atoms with Crippen LogP contribution in [0.15, 0.2) is 30.3 Å². The highest BCUT2D eigenvalue weighted by Gasteiger charge is 2.11. The Bertz CT molecular complexity index is 598. The average molecular weight is 294 g/mol. The van der Waals surface area contributed by atoms with Crippen molar-refractivity contribution in [2.45, 2.75) is 12.5 Å². The molecule has 0 radical (unpaired) electrons. The second-order valence-corrected chi connectivity index (χ2v) is 5.55. The third-order valence-corrected chi connectivity index (χ3v) is 3.79. The van der Waals surface area contributed by atoms with E-state index in [1.165, 1.54) is 0 Å². The number of ether oxygens (including phenoxy) is 1. The summed E-state index contributed by atoms with van der Waals surface area (Å²) in [6.45, 7) is 0.850. The van der Waals surface area contributed by atoms with E-state index >= 15 is 0 Å². The largest absolute Gasteiger partial charge is 0.495 e. The molecule has 0 fully saturated rings. The molecule has 1 atom stereocenters.